The number of nitrogens with one attached hydrogen (secondary N) is 2. The first-order valence-corrected chi connectivity index (χ1v) is 9.94. The Balaban J connectivity index is 1.46. The van der Waals surface area contributed by atoms with Gasteiger partial charge in [-0.25, -0.2) is 0 Å². The van der Waals surface area contributed by atoms with Crippen LogP contribution in [0, 0.1) is 21.4 Å². The molecule has 0 unspecified atom stereocenters. The maximum absolute atomic E-state index is 12.6. The van der Waals surface area contributed by atoms with E-state index in [1.165, 1.54) is 18.2 Å². The molecule has 2 heterocycles. The Morgan fingerprint density at radius 2 is 1.94 bits per heavy atom. The second-order valence-electron chi connectivity index (χ2n) is 7.11. The van der Waals surface area contributed by atoms with E-state index in [2.05, 4.69) is 10.3 Å². The molecule has 0 radical (unpaired) electrons. The minimum absolute atomic E-state index is 0.00899. The third-order valence-corrected chi connectivity index (χ3v) is 5.13. The van der Waals surface area contributed by atoms with Crippen LogP contribution in [0.3, 0.4) is 0 Å². The Morgan fingerprint density at radius 1 is 1.16 bits per heavy atom. The summed E-state index contributed by atoms with van der Waals surface area (Å²) in [5, 5.41) is 24.3. The lowest BCUT2D eigenvalue weighted by molar-refractivity contribution is -0.384. The van der Waals surface area contributed by atoms with E-state index in [-0.39, 0.29) is 11.3 Å². The quantitative estimate of drug-likeness (QED) is 0.200. The van der Waals surface area contributed by atoms with Crippen molar-refractivity contribution in [1.29, 1.82) is 5.26 Å². The van der Waals surface area contributed by atoms with Gasteiger partial charge in [-0.2, -0.15) is 5.26 Å². The summed E-state index contributed by atoms with van der Waals surface area (Å²) in [5.41, 5.74) is 3.40. The molecule has 0 fully saturated rings. The van der Waals surface area contributed by atoms with Crippen LogP contribution < -0.4 is 5.32 Å². The molecule has 158 valence electrons. The first-order valence-electron chi connectivity index (χ1n) is 9.94. The number of nitriles is 1. The Morgan fingerprint density at radius 3 is 2.69 bits per heavy atom. The lowest BCUT2D eigenvalue weighted by Crippen LogP contribution is -2.26. The summed E-state index contributed by atoms with van der Waals surface area (Å²) in [6.07, 6.45) is 5.82. The van der Waals surface area contributed by atoms with Crippen LogP contribution in [0.1, 0.15) is 11.3 Å². The van der Waals surface area contributed by atoms with Crippen molar-refractivity contribution < 1.29 is 9.72 Å². The van der Waals surface area contributed by atoms with Crippen LogP contribution in [0.15, 0.2) is 78.6 Å². The Bertz CT molecular complexity index is 1360. The summed E-state index contributed by atoms with van der Waals surface area (Å²) in [4.78, 5) is 26.2. The maximum atomic E-state index is 12.6. The molecule has 0 aliphatic rings. The monoisotopic (exact) mass is 425 g/mol. The Labute approximate surface area is 183 Å². The number of nitro groups is 1. The highest BCUT2D eigenvalue weighted by molar-refractivity contribution is 6.01. The number of nitrogens with zero attached hydrogens (tertiary/aromatic N) is 3. The molecule has 8 nitrogen and oxygen atoms in total. The highest BCUT2D eigenvalue weighted by Gasteiger charge is 2.12. The lowest BCUT2D eigenvalue weighted by Gasteiger charge is -2.08. The third kappa shape index (κ3) is 4.27. The number of carbonyl (C=O) groups excluding carboxylic acids is 1. The fraction of sp³-hybridized carbons (Fsp3) is 0.0833. The zero-order valence-corrected chi connectivity index (χ0v) is 17.0. The largest absolute Gasteiger partial charge is 0.361 e. The van der Waals surface area contributed by atoms with Crippen LogP contribution in [-0.4, -0.2) is 26.9 Å². The fourth-order valence-electron chi connectivity index (χ4n) is 3.52. The molecule has 0 saturated heterocycles. The maximum Gasteiger partial charge on any atom is 0.269 e. The standard InChI is InChI=1S/C24H19N5O3/c25-15-18(24(30)26-12-11-17-16-27-23-6-2-1-5-22(17)23)14-21-4-3-13-28(21)19-7-9-20(10-8-19)29(31)32/h1-10,13-14,16,27H,11-12H2,(H,26,30). The van der Waals surface area contributed by atoms with Crippen molar-refractivity contribution in [3.63, 3.8) is 0 Å². The minimum Gasteiger partial charge on any atom is -0.361 e. The van der Waals surface area contributed by atoms with Crippen molar-refractivity contribution in [2.45, 2.75) is 6.42 Å². The van der Waals surface area contributed by atoms with Crippen molar-refractivity contribution in [3.8, 4) is 11.8 Å². The van der Waals surface area contributed by atoms with E-state index >= 15 is 0 Å². The number of nitro benzene ring substituents is 1. The Hall–Kier alpha value is -4.64. The van der Waals surface area contributed by atoms with E-state index in [1.54, 1.807) is 35.0 Å². The number of benzene rings is 2. The van der Waals surface area contributed by atoms with Crippen LogP contribution in [0.4, 0.5) is 5.69 Å². The molecular weight excluding hydrogens is 406 g/mol. The molecule has 0 aliphatic carbocycles. The molecule has 8 heteroatoms. The number of aromatic amines is 1. The molecule has 2 aromatic carbocycles. The van der Waals surface area contributed by atoms with E-state index < -0.39 is 10.8 Å². The minimum atomic E-state index is -0.464. The first-order chi connectivity index (χ1) is 15.6. The molecule has 0 aliphatic heterocycles. The normalized spacial score (nSPS) is 11.3. The molecule has 2 N–H and O–H groups in total. The fourth-order valence-corrected chi connectivity index (χ4v) is 3.52. The van der Waals surface area contributed by atoms with E-state index in [9.17, 15) is 20.2 Å². The second-order valence-corrected chi connectivity index (χ2v) is 7.11. The molecule has 2 aromatic heterocycles. The van der Waals surface area contributed by atoms with Crippen molar-refractivity contribution in [2.24, 2.45) is 0 Å². The van der Waals surface area contributed by atoms with Gasteiger partial charge in [-0.05, 0) is 48.4 Å². The van der Waals surface area contributed by atoms with E-state index in [1.807, 2.05) is 36.5 Å². The summed E-state index contributed by atoms with van der Waals surface area (Å²) in [6, 6.07) is 19.5. The van der Waals surface area contributed by atoms with Gasteiger partial charge in [0.05, 0.1) is 4.92 Å². The van der Waals surface area contributed by atoms with Crippen LogP contribution in [0.2, 0.25) is 0 Å². The summed E-state index contributed by atoms with van der Waals surface area (Å²) >= 11 is 0. The predicted octanol–water partition coefficient (Wildman–Crippen LogP) is 4.13. The molecule has 0 atom stereocenters. The topological polar surface area (TPSA) is 117 Å². The van der Waals surface area contributed by atoms with Gasteiger partial charge in [-0.3, -0.25) is 14.9 Å². The van der Waals surface area contributed by atoms with Gasteiger partial charge in [0.25, 0.3) is 11.6 Å². The number of carbonyl (C=O) groups is 1. The molecular formula is C24H19N5O3. The number of amides is 1. The van der Waals surface area contributed by atoms with Crippen molar-refractivity contribution in [3.05, 3.63) is 100 Å². The van der Waals surface area contributed by atoms with Crippen LogP contribution in [0.5, 0.6) is 0 Å². The number of H-pyrrole nitrogens is 1. The van der Waals surface area contributed by atoms with Gasteiger partial charge in [0.15, 0.2) is 0 Å². The van der Waals surface area contributed by atoms with Gasteiger partial charge < -0.3 is 14.9 Å². The zero-order valence-electron chi connectivity index (χ0n) is 17.0. The SMILES string of the molecule is N#CC(=Cc1cccn1-c1ccc([N+](=O)[O-])cc1)C(=O)NCCc1c[nH]c2ccccc12. The molecule has 1 amide bonds. The van der Waals surface area contributed by atoms with Crippen LogP contribution >= 0.6 is 0 Å². The average Bonchev–Trinajstić information content (AvgIpc) is 3.44. The molecule has 0 spiro atoms. The van der Waals surface area contributed by atoms with E-state index in [0.29, 0.717) is 24.3 Å². The lowest BCUT2D eigenvalue weighted by atomic mass is 10.1. The smallest absolute Gasteiger partial charge is 0.269 e. The number of hydrogen-bond acceptors (Lipinski definition) is 4. The van der Waals surface area contributed by atoms with E-state index in [4.69, 9.17) is 0 Å². The number of rotatable bonds is 7. The molecule has 0 saturated carbocycles. The highest BCUT2D eigenvalue weighted by Crippen LogP contribution is 2.20. The van der Waals surface area contributed by atoms with Gasteiger partial charge in [-0.15, -0.1) is 0 Å². The third-order valence-electron chi connectivity index (χ3n) is 5.13. The average molecular weight is 425 g/mol. The molecule has 32 heavy (non-hydrogen) atoms. The van der Waals surface area contributed by atoms with Crippen molar-refractivity contribution in [1.82, 2.24) is 14.9 Å². The predicted molar refractivity (Wildman–Crippen MR) is 121 cm³/mol. The highest BCUT2D eigenvalue weighted by atomic mass is 16.6. The van der Waals surface area contributed by atoms with Gasteiger partial charge in [-0.1, -0.05) is 18.2 Å². The Kier molecular flexibility index (Phi) is 5.81. The van der Waals surface area contributed by atoms with Gasteiger partial charge in [0.2, 0.25) is 0 Å². The van der Waals surface area contributed by atoms with Crippen molar-refractivity contribution >= 4 is 28.6 Å². The summed E-state index contributed by atoms with van der Waals surface area (Å²) < 4.78 is 1.75. The number of hydrogen-bond donors (Lipinski definition) is 2. The summed E-state index contributed by atoms with van der Waals surface area (Å²) in [5.74, 6) is -0.455. The zero-order chi connectivity index (χ0) is 22.5. The summed E-state index contributed by atoms with van der Waals surface area (Å²) in [7, 11) is 0. The van der Waals surface area contributed by atoms with Crippen LogP contribution in [-0.2, 0) is 11.2 Å². The summed E-state index contributed by atoms with van der Waals surface area (Å²) in [6.45, 7) is 0.392. The number of para-hydroxylation sites is 1. The number of aromatic nitrogens is 2. The second kappa shape index (κ2) is 9.02. The van der Waals surface area contributed by atoms with Gasteiger partial charge in [0.1, 0.15) is 11.6 Å². The molecule has 0 bridgehead atoms. The van der Waals surface area contributed by atoms with E-state index in [0.717, 1.165) is 16.5 Å². The molecule has 4 aromatic rings. The van der Waals surface area contributed by atoms with Gasteiger partial charge >= 0.3 is 0 Å². The number of fused-ring (bicyclic) bond motifs is 1. The molecule has 4 rings (SSSR count). The van der Waals surface area contributed by atoms with Crippen LogP contribution in [0.25, 0.3) is 22.7 Å². The first kappa shape index (κ1) is 20.6. The van der Waals surface area contributed by atoms with Crippen molar-refractivity contribution in [2.75, 3.05) is 6.54 Å². The number of non-ortho nitro benzene ring substituents is 1. The van der Waals surface area contributed by atoms with Gasteiger partial charge in [0, 0.05) is 53.4 Å².